The standard InChI is InChI=1S/C17H16N2O/c1-2-13-16(12-7-4-3-5-8-12)19-15-10-6-9-14(15)17(13)18-11-20/h3-5,7-8H,2,6,9-10H2,1H3. The number of fused-ring (bicyclic) bond motifs is 1. The van der Waals surface area contributed by atoms with Crippen molar-refractivity contribution in [2.45, 2.75) is 32.6 Å². The Hall–Kier alpha value is -2.25. The number of aromatic nitrogens is 1. The maximum absolute atomic E-state index is 10.8. The normalized spacial score (nSPS) is 12.8. The van der Waals surface area contributed by atoms with E-state index < -0.39 is 0 Å². The lowest BCUT2D eigenvalue weighted by Crippen LogP contribution is -1.99. The Labute approximate surface area is 118 Å². The Morgan fingerprint density at radius 3 is 2.75 bits per heavy atom. The molecule has 1 aliphatic carbocycles. The molecule has 1 aliphatic rings. The summed E-state index contributed by atoms with van der Waals surface area (Å²) in [5, 5.41) is 0. The number of nitrogens with zero attached hydrogens (tertiary/aromatic N) is 2. The van der Waals surface area contributed by atoms with Crippen LogP contribution in [0.1, 0.15) is 30.2 Å². The molecule has 0 saturated heterocycles. The van der Waals surface area contributed by atoms with Gasteiger partial charge in [-0.2, -0.15) is 4.99 Å². The zero-order valence-electron chi connectivity index (χ0n) is 11.5. The number of rotatable bonds is 3. The van der Waals surface area contributed by atoms with E-state index in [2.05, 4.69) is 24.0 Å². The van der Waals surface area contributed by atoms with Crippen molar-refractivity contribution in [3.05, 3.63) is 47.2 Å². The van der Waals surface area contributed by atoms with Crippen LogP contribution in [0, 0.1) is 0 Å². The molecule has 0 spiro atoms. The molecule has 0 atom stereocenters. The quantitative estimate of drug-likeness (QED) is 0.625. The highest BCUT2D eigenvalue weighted by atomic mass is 16.1. The van der Waals surface area contributed by atoms with Crippen LogP contribution >= 0.6 is 0 Å². The van der Waals surface area contributed by atoms with Gasteiger partial charge in [-0.05, 0) is 25.7 Å². The minimum absolute atomic E-state index is 0.809. The van der Waals surface area contributed by atoms with E-state index in [1.807, 2.05) is 18.2 Å². The van der Waals surface area contributed by atoms with E-state index in [-0.39, 0.29) is 0 Å². The molecule has 3 rings (SSSR count). The molecule has 0 bridgehead atoms. The molecule has 0 fully saturated rings. The van der Waals surface area contributed by atoms with Crippen molar-refractivity contribution in [1.82, 2.24) is 4.98 Å². The summed E-state index contributed by atoms with van der Waals surface area (Å²) < 4.78 is 0. The van der Waals surface area contributed by atoms with Crippen molar-refractivity contribution < 1.29 is 4.79 Å². The summed E-state index contributed by atoms with van der Waals surface area (Å²) in [5.41, 5.74) is 6.15. The van der Waals surface area contributed by atoms with E-state index in [9.17, 15) is 4.79 Å². The zero-order chi connectivity index (χ0) is 13.9. The van der Waals surface area contributed by atoms with Crippen LogP contribution in [0.25, 0.3) is 11.3 Å². The van der Waals surface area contributed by atoms with Gasteiger partial charge >= 0.3 is 0 Å². The van der Waals surface area contributed by atoms with Crippen molar-refractivity contribution in [3.63, 3.8) is 0 Å². The Bertz CT molecular complexity index is 686. The van der Waals surface area contributed by atoms with Crippen molar-refractivity contribution in [2.24, 2.45) is 4.99 Å². The van der Waals surface area contributed by atoms with Crippen LogP contribution in [-0.4, -0.2) is 11.1 Å². The highest BCUT2D eigenvalue weighted by Crippen LogP contribution is 2.38. The molecule has 20 heavy (non-hydrogen) atoms. The molecule has 0 amide bonds. The highest BCUT2D eigenvalue weighted by molar-refractivity contribution is 5.73. The van der Waals surface area contributed by atoms with Crippen molar-refractivity contribution in [1.29, 1.82) is 0 Å². The van der Waals surface area contributed by atoms with E-state index in [1.165, 1.54) is 0 Å². The van der Waals surface area contributed by atoms with Gasteiger partial charge in [0.15, 0.2) is 0 Å². The lowest BCUT2D eigenvalue weighted by molar-refractivity contribution is 0.565. The molecule has 3 heteroatoms. The van der Waals surface area contributed by atoms with Crippen LogP contribution in [0.3, 0.4) is 0 Å². The molecule has 0 saturated carbocycles. The largest absolute Gasteiger partial charge is 0.252 e. The van der Waals surface area contributed by atoms with E-state index in [0.29, 0.717) is 0 Å². The van der Waals surface area contributed by atoms with Crippen LogP contribution in [0.2, 0.25) is 0 Å². The maximum atomic E-state index is 10.8. The van der Waals surface area contributed by atoms with Gasteiger partial charge in [-0.3, -0.25) is 4.98 Å². The number of pyridine rings is 1. The van der Waals surface area contributed by atoms with Crippen molar-refractivity contribution >= 4 is 11.8 Å². The number of hydrogen-bond donors (Lipinski definition) is 0. The van der Waals surface area contributed by atoms with Gasteiger partial charge in [-0.15, -0.1) is 0 Å². The summed E-state index contributed by atoms with van der Waals surface area (Å²) in [5.74, 6) is 0. The second-order valence-corrected chi connectivity index (χ2v) is 4.99. The van der Waals surface area contributed by atoms with E-state index in [4.69, 9.17) is 4.98 Å². The second-order valence-electron chi connectivity index (χ2n) is 4.99. The summed E-state index contributed by atoms with van der Waals surface area (Å²) in [6, 6.07) is 10.1. The zero-order valence-corrected chi connectivity index (χ0v) is 11.5. The molecule has 1 aromatic carbocycles. The molecule has 100 valence electrons. The maximum Gasteiger partial charge on any atom is 0.240 e. The summed E-state index contributed by atoms with van der Waals surface area (Å²) in [4.78, 5) is 19.6. The summed E-state index contributed by atoms with van der Waals surface area (Å²) >= 11 is 0. The Morgan fingerprint density at radius 2 is 2.05 bits per heavy atom. The predicted octanol–water partition coefficient (Wildman–Crippen LogP) is 3.77. The fraction of sp³-hybridized carbons (Fsp3) is 0.294. The molecular formula is C17H16N2O. The smallest absolute Gasteiger partial charge is 0.240 e. The van der Waals surface area contributed by atoms with Crippen molar-refractivity contribution in [3.8, 4) is 11.3 Å². The number of isocyanates is 1. The minimum Gasteiger partial charge on any atom is -0.252 e. The predicted molar refractivity (Wildman–Crippen MR) is 78.9 cm³/mol. The third kappa shape index (κ3) is 2.06. The van der Waals surface area contributed by atoms with Crippen LogP contribution < -0.4 is 0 Å². The topological polar surface area (TPSA) is 42.3 Å². The van der Waals surface area contributed by atoms with Gasteiger partial charge in [-0.1, -0.05) is 37.3 Å². The van der Waals surface area contributed by atoms with Gasteiger partial charge in [0.25, 0.3) is 0 Å². The SMILES string of the molecule is CCc1c(-c2ccccc2)nc2c(c1N=C=O)CCC2. The first kappa shape index (κ1) is 12.8. The third-order valence-electron chi connectivity index (χ3n) is 3.85. The molecule has 1 aromatic heterocycles. The summed E-state index contributed by atoms with van der Waals surface area (Å²) in [7, 11) is 0. The number of aliphatic imine (C=N–C) groups is 1. The van der Waals surface area contributed by atoms with E-state index in [0.717, 1.165) is 59.4 Å². The molecule has 0 radical (unpaired) electrons. The number of carbonyl (C=O) groups excluding carboxylic acids is 1. The van der Waals surface area contributed by atoms with Crippen LogP contribution in [0.15, 0.2) is 35.3 Å². The summed E-state index contributed by atoms with van der Waals surface area (Å²) in [6.45, 7) is 2.08. The van der Waals surface area contributed by atoms with Gasteiger partial charge < -0.3 is 0 Å². The fourth-order valence-corrected chi connectivity index (χ4v) is 2.95. The number of aryl methyl sites for hydroxylation is 1. The van der Waals surface area contributed by atoms with Crippen LogP contribution in [0.5, 0.6) is 0 Å². The lowest BCUT2D eigenvalue weighted by Gasteiger charge is -2.14. The molecule has 3 nitrogen and oxygen atoms in total. The number of benzene rings is 1. The van der Waals surface area contributed by atoms with Crippen LogP contribution in [-0.2, 0) is 24.1 Å². The number of hydrogen-bond acceptors (Lipinski definition) is 3. The van der Waals surface area contributed by atoms with Crippen LogP contribution in [0.4, 0.5) is 5.69 Å². The third-order valence-corrected chi connectivity index (χ3v) is 3.85. The van der Waals surface area contributed by atoms with Gasteiger partial charge in [0.05, 0.1) is 11.4 Å². The second kappa shape index (κ2) is 5.40. The Kier molecular flexibility index (Phi) is 3.44. The van der Waals surface area contributed by atoms with Gasteiger partial charge in [0.1, 0.15) is 0 Å². The summed E-state index contributed by atoms with van der Waals surface area (Å²) in [6.07, 6.45) is 5.55. The first-order valence-electron chi connectivity index (χ1n) is 7.03. The molecule has 0 aliphatic heterocycles. The van der Waals surface area contributed by atoms with Gasteiger partial charge in [0.2, 0.25) is 6.08 Å². The molecule has 2 aromatic rings. The van der Waals surface area contributed by atoms with E-state index in [1.54, 1.807) is 6.08 Å². The molecular weight excluding hydrogens is 248 g/mol. The fourth-order valence-electron chi connectivity index (χ4n) is 2.95. The minimum atomic E-state index is 0.809. The van der Waals surface area contributed by atoms with Gasteiger partial charge in [0, 0.05) is 22.4 Å². The molecule has 1 heterocycles. The first-order chi connectivity index (χ1) is 9.85. The average molecular weight is 264 g/mol. The van der Waals surface area contributed by atoms with Crippen molar-refractivity contribution in [2.75, 3.05) is 0 Å². The average Bonchev–Trinajstić information content (AvgIpc) is 2.96. The lowest BCUT2D eigenvalue weighted by atomic mass is 9.98. The van der Waals surface area contributed by atoms with Gasteiger partial charge in [-0.25, -0.2) is 4.79 Å². The first-order valence-corrected chi connectivity index (χ1v) is 7.03. The molecule has 0 unspecified atom stereocenters. The Morgan fingerprint density at radius 1 is 1.25 bits per heavy atom. The molecule has 0 N–H and O–H groups in total. The van der Waals surface area contributed by atoms with E-state index >= 15 is 0 Å². The monoisotopic (exact) mass is 264 g/mol. The Balaban J connectivity index is 2.30. The highest BCUT2D eigenvalue weighted by Gasteiger charge is 2.22.